The van der Waals surface area contributed by atoms with Gasteiger partial charge in [0.15, 0.2) is 11.6 Å². The molecule has 0 aliphatic heterocycles. The van der Waals surface area contributed by atoms with Crippen LogP contribution >= 0.6 is 0 Å². The molecule has 3 heterocycles. The van der Waals surface area contributed by atoms with Gasteiger partial charge in [0.1, 0.15) is 5.76 Å². The quantitative estimate of drug-likeness (QED) is 0.556. The first-order valence-corrected chi connectivity index (χ1v) is 7.26. The molecule has 3 aromatic heterocycles. The molecule has 0 unspecified atom stereocenters. The molecule has 0 radical (unpaired) electrons. The second-order valence-electron chi connectivity index (χ2n) is 5.50. The first-order valence-electron chi connectivity index (χ1n) is 7.26. The van der Waals surface area contributed by atoms with Gasteiger partial charge in [-0.1, -0.05) is 0 Å². The lowest BCUT2D eigenvalue weighted by molar-refractivity contribution is 0.494. The van der Waals surface area contributed by atoms with E-state index in [-0.39, 0.29) is 0 Å². The third-order valence-electron chi connectivity index (χ3n) is 4.00. The van der Waals surface area contributed by atoms with E-state index in [2.05, 4.69) is 30.5 Å². The van der Waals surface area contributed by atoms with Gasteiger partial charge in [0.25, 0.3) is 0 Å². The Hall–Kier alpha value is -2.75. The molecule has 0 atom stereocenters. The van der Waals surface area contributed by atoms with Gasteiger partial charge >= 0.3 is 0 Å². The van der Waals surface area contributed by atoms with Gasteiger partial charge in [0.05, 0.1) is 30.1 Å². The number of benzene rings is 1. The van der Waals surface area contributed by atoms with E-state index < -0.39 is 0 Å². The van der Waals surface area contributed by atoms with E-state index in [1.54, 1.807) is 12.5 Å². The molecule has 4 aromatic rings. The van der Waals surface area contributed by atoms with Crippen molar-refractivity contribution in [1.29, 1.82) is 0 Å². The lowest BCUT2D eigenvalue weighted by Gasteiger charge is -2.07. The van der Waals surface area contributed by atoms with Crippen LogP contribution in [-0.4, -0.2) is 9.55 Å². The number of aryl methyl sites for hydroxylation is 2. The molecule has 22 heavy (non-hydrogen) atoms. The standard InChI is InChI=1S/C18H16N2O2/c1-12-9-15-16(10-13(12)2)20(11-14-5-3-7-21-14)18(19-15)17-6-4-8-22-17/h3-10H,11H2,1-2H3. The van der Waals surface area contributed by atoms with E-state index in [4.69, 9.17) is 13.8 Å². The Labute approximate surface area is 128 Å². The van der Waals surface area contributed by atoms with Crippen LogP contribution in [0.2, 0.25) is 0 Å². The van der Waals surface area contributed by atoms with E-state index in [1.165, 1.54) is 11.1 Å². The van der Waals surface area contributed by atoms with Gasteiger partial charge in [-0.2, -0.15) is 0 Å². The van der Waals surface area contributed by atoms with Crippen molar-refractivity contribution in [2.45, 2.75) is 20.4 Å². The number of nitrogens with zero attached hydrogens (tertiary/aromatic N) is 2. The second-order valence-corrected chi connectivity index (χ2v) is 5.50. The molecule has 0 bridgehead atoms. The van der Waals surface area contributed by atoms with Crippen molar-refractivity contribution in [3.05, 3.63) is 65.8 Å². The molecule has 0 aliphatic rings. The summed E-state index contributed by atoms with van der Waals surface area (Å²) in [6.07, 6.45) is 3.36. The molecule has 0 fully saturated rings. The first-order chi connectivity index (χ1) is 10.7. The molecule has 0 N–H and O–H groups in total. The van der Waals surface area contributed by atoms with Crippen molar-refractivity contribution < 1.29 is 8.83 Å². The fraction of sp³-hybridized carbons (Fsp3) is 0.167. The van der Waals surface area contributed by atoms with Crippen molar-refractivity contribution in [2.75, 3.05) is 0 Å². The van der Waals surface area contributed by atoms with E-state index in [0.29, 0.717) is 6.54 Å². The number of hydrogen-bond donors (Lipinski definition) is 0. The normalized spacial score (nSPS) is 11.4. The average Bonchev–Trinajstić information content (AvgIpc) is 3.22. The van der Waals surface area contributed by atoms with E-state index in [1.807, 2.05) is 24.3 Å². The molecule has 0 spiro atoms. The lowest BCUT2D eigenvalue weighted by atomic mass is 10.1. The Balaban J connectivity index is 1.96. The molecule has 4 nitrogen and oxygen atoms in total. The topological polar surface area (TPSA) is 44.1 Å². The summed E-state index contributed by atoms with van der Waals surface area (Å²) in [6, 6.07) is 12.0. The predicted octanol–water partition coefficient (Wildman–Crippen LogP) is 4.55. The van der Waals surface area contributed by atoms with Gasteiger partial charge in [-0.3, -0.25) is 0 Å². The van der Waals surface area contributed by atoms with Gasteiger partial charge < -0.3 is 13.4 Å². The zero-order valence-corrected chi connectivity index (χ0v) is 12.5. The molecule has 1 aromatic carbocycles. The van der Waals surface area contributed by atoms with Gasteiger partial charge in [0, 0.05) is 0 Å². The van der Waals surface area contributed by atoms with Crippen LogP contribution in [-0.2, 0) is 6.54 Å². The van der Waals surface area contributed by atoms with E-state index >= 15 is 0 Å². The molecule has 0 saturated carbocycles. The smallest absolute Gasteiger partial charge is 0.177 e. The van der Waals surface area contributed by atoms with Crippen LogP contribution in [0.25, 0.3) is 22.6 Å². The number of fused-ring (bicyclic) bond motifs is 1. The minimum Gasteiger partial charge on any atom is -0.467 e. The van der Waals surface area contributed by atoms with Crippen LogP contribution in [0.1, 0.15) is 16.9 Å². The summed E-state index contributed by atoms with van der Waals surface area (Å²) < 4.78 is 13.2. The van der Waals surface area contributed by atoms with E-state index in [0.717, 1.165) is 28.4 Å². The highest BCUT2D eigenvalue weighted by atomic mass is 16.3. The molecular formula is C18H16N2O2. The van der Waals surface area contributed by atoms with Crippen LogP contribution in [0.5, 0.6) is 0 Å². The Kier molecular flexibility index (Phi) is 2.89. The lowest BCUT2D eigenvalue weighted by Crippen LogP contribution is -2.01. The minimum absolute atomic E-state index is 0.627. The summed E-state index contributed by atoms with van der Waals surface area (Å²) in [5.74, 6) is 2.48. The van der Waals surface area contributed by atoms with Gasteiger partial charge in [-0.25, -0.2) is 4.98 Å². The summed E-state index contributed by atoms with van der Waals surface area (Å²) in [4.78, 5) is 4.77. The van der Waals surface area contributed by atoms with Crippen LogP contribution in [0, 0.1) is 13.8 Å². The third kappa shape index (κ3) is 2.04. The van der Waals surface area contributed by atoms with Crippen LogP contribution in [0.15, 0.2) is 57.8 Å². The molecule has 0 saturated heterocycles. The zero-order valence-electron chi connectivity index (χ0n) is 12.5. The fourth-order valence-electron chi connectivity index (χ4n) is 2.69. The Morgan fingerprint density at radius 3 is 2.50 bits per heavy atom. The van der Waals surface area contributed by atoms with E-state index in [9.17, 15) is 0 Å². The Bertz CT molecular complexity index is 916. The number of rotatable bonds is 3. The third-order valence-corrected chi connectivity index (χ3v) is 4.00. The monoisotopic (exact) mass is 292 g/mol. The summed E-state index contributed by atoms with van der Waals surface area (Å²) in [5, 5.41) is 0. The average molecular weight is 292 g/mol. The number of aromatic nitrogens is 2. The SMILES string of the molecule is Cc1cc2nc(-c3ccco3)n(Cc3ccco3)c2cc1C. The first kappa shape index (κ1) is 13.0. The second kappa shape index (κ2) is 4.91. The molecule has 4 heteroatoms. The predicted molar refractivity (Wildman–Crippen MR) is 84.7 cm³/mol. The summed E-state index contributed by atoms with van der Waals surface area (Å²) in [7, 11) is 0. The summed E-state index contributed by atoms with van der Waals surface area (Å²) in [5.41, 5.74) is 4.55. The Morgan fingerprint density at radius 1 is 1.00 bits per heavy atom. The highest BCUT2D eigenvalue weighted by Gasteiger charge is 2.16. The maximum atomic E-state index is 5.56. The Morgan fingerprint density at radius 2 is 1.77 bits per heavy atom. The summed E-state index contributed by atoms with van der Waals surface area (Å²) >= 11 is 0. The van der Waals surface area contributed by atoms with Crippen molar-refractivity contribution in [1.82, 2.24) is 9.55 Å². The molecule has 110 valence electrons. The van der Waals surface area contributed by atoms with Crippen molar-refractivity contribution in [2.24, 2.45) is 0 Å². The fourth-order valence-corrected chi connectivity index (χ4v) is 2.69. The van der Waals surface area contributed by atoms with Gasteiger partial charge in [-0.05, 0) is 61.4 Å². The van der Waals surface area contributed by atoms with Crippen LogP contribution in [0.4, 0.5) is 0 Å². The number of hydrogen-bond acceptors (Lipinski definition) is 3. The zero-order chi connectivity index (χ0) is 15.1. The van der Waals surface area contributed by atoms with Crippen molar-refractivity contribution in [3.8, 4) is 11.6 Å². The maximum Gasteiger partial charge on any atom is 0.177 e. The molecular weight excluding hydrogens is 276 g/mol. The summed E-state index contributed by atoms with van der Waals surface area (Å²) in [6.45, 7) is 4.85. The van der Waals surface area contributed by atoms with Gasteiger partial charge in [0.2, 0.25) is 0 Å². The number of imidazole rings is 1. The minimum atomic E-state index is 0.627. The highest BCUT2D eigenvalue weighted by Crippen LogP contribution is 2.28. The molecule has 0 amide bonds. The van der Waals surface area contributed by atoms with Crippen molar-refractivity contribution >= 4 is 11.0 Å². The number of furan rings is 2. The maximum absolute atomic E-state index is 5.56. The largest absolute Gasteiger partial charge is 0.467 e. The van der Waals surface area contributed by atoms with Crippen LogP contribution in [0.3, 0.4) is 0 Å². The highest BCUT2D eigenvalue weighted by molar-refractivity contribution is 5.81. The van der Waals surface area contributed by atoms with Crippen LogP contribution < -0.4 is 0 Å². The van der Waals surface area contributed by atoms with Crippen molar-refractivity contribution in [3.63, 3.8) is 0 Å². The molecule has 4 rings (SSSR count). The van der Waals surface area contributed by atoms with Gasteiger partial charge in [-0.15, -0.1) is 0 Å². The molecule has 0 aliphatic carbocycles.